The largest absolute Gasteiger partial charge is 0.342 e. The average molecular weight is 343 g/mol. The van der Waals surface area contributed by atoms with Crippen molar-refractivity contribution in [2.75, 3.05) is 19.6 Å². The van der Waals surface area contributed by atoms with Gasteiger partial charge in [-0.15, -0.1) is 0 Å². The Morgan fingerprint density at radius 1 is 1.20 bits per heavy atom. The second-order valence-electron chi connectivity index (χ2n) is 7.36. The highest BCUT2D eigenvalue weighted by molar-refractivity contribution is 5.99. The quantitative estimate of drug-likeness (QED) is 0.896. The highest BCUT2D eigenvalue weighted by Gasteiger charge is 2.44. The maximum Gasteiger partial charge on any atom is 0.253 e. The highest BCUT2D eigenvalue weighted by atomic mass is 16.2. The summed E-state index contributed by atoms with van der Waals surface area (Å²) in [5.74, 6) is 0.0480. The summed E-state index contributed by atoms with van der Waals surface area (Å²) in [4.78, 5) is 41.1. The molecule has 0 radical (unpaired) electrons. The Kier molecular flexibility index (Phi) is 4.79. The number of nitrogens with zero attached hydrogens (tertiary/aromatic N) is 2. The summed E-state index contributed by atoms with van der Waals surface area (Å²) < 4.78 is 0. The van der Waals surface area contributed by atoms with E-state index in [9.17, 15) is 14.4 Å². The van der Waals surface area contributed by atoms with Crippen molar-refractivity contribution < 1.29 is 14.4 Å². The molecule has 0 aromatic heterocycles. The fraction of sp³-hybridized carbons (Fsp3) is 0.526. The van der Waals surface area contributed by atoms with Crippen molar-refractivity contribution in [3.8, 4) is 0 Å². The van der Waals surface area contributed by atoms with Crippen molar-refractivity contribution in [3.05, 3.63) is 35.4 Å². The fourth-order valence-corrected chi connectivity index (χ4v) is 3.50. The van der Waals surface area contributed by atoms with Gasteiger partial charge in [0.15, 0.2) is 0 Å². The van der Waals surface area contributed by atoms with Crippen LogP contribution in [0.5, 0.6) is 0 Å². The zero-order valence-corrected chi connectivity index (χ0v) is 15.0. The molecule has 1 N–H and O–H groups in total. The molecule has 1 aromatic rings. The van der Waals surface area contributed by atoms with E-state index in [2.05, 4.69) is 5.32 Å². The van der Waals surface area contributed by atoms with Crippen LogP contribution in [0.1, 0.15) is 36.2 Å². The fourth-order valence-electron chi connectivity index (χ4n) is 3.50. The number of nitrogens with one attached hydrogen (secondary N) is 1. The van der Waals surface area contributed by atoms with E-state index in [0.29, 0.717) is 31.0 Å². The molecule has 2 aliphatic rings. The molecule has 6 nitrogen and oxygen atoms in total. The monoisotopic (exact) mass is 343 g/mol. The van der Waals surface area contributed by atoms with Crippen LogP contribution in [-0.2, 0) is 9.59 Å². The Hall–Kier alpha value is -2.37. The average Bonchev–Trinajstić information content (AvgIpc) is 2.58. The molecule has 2 heterocycles. The van der Waals surface area contributed by atoms with Gasteiger partial charge in [-0.1, -0.05) is 31.5 Å². The van der Waals surface area contributed by atoms with Crippen molar-refractivity contribution in [3.63, 3.8) is 0 Å². The van der Waals surface area contributed by atoms with E-state index < -0.39 is 12.1 Å². The van der Waals surface area contributed by atoms with Gasteiger partial charge in [0.25, 0.3) is 5.91 Å². The minimum Gasteiger partial charge on any atom is -0.342 e. The molecule has 6 heteroatoms. The van der Waals surface area contributed by atoms with Gasteiger partial charge in [-0.25, -0.2) is 0 Å². The molecule has 3 rings (SSSR count). The van der Waals surface area contributed by atoms with Crippen LogP contribution in [0, 0.1) is 12.8 Å². The van der Waals surface area contributed by atoms with E-state index >= 15 is 0 Å². The van der Waals surface area contributed by atoms with Gasteiger partial charge < -0.3 is 15.1 Å². The number of hydrogen-bond acceptors (Lipinski definition) is 3. The lowest BCUT2D eigenvalue weighted by Crippen LogP contribution is -2.69. The van der Waals surface area contributed by atoms with Gasteiger partial charge in [-0.05, 0) is 31.4 Å². The summed E-state index contributed by atoms with van der Waals surface area (Å²) in [5.41, 5.74) is 1.70. The number of carbonyl (C=O) groups excluding carboxylic acids is 3. The lowest BCUT2D eigenvalue weighted by atomic mass is 9.97. The van der Waals surface area contributed by atoms with Crippen LogP contribution >= 0.6 is 0 Å². The number of carbonyl (C=O) groups is 3. The maximum absolute atomic E-state index is 12.7. The molecule has 2 fully saturated rings. The van der Waals surface area contributed by atoms with E-state index in [1.165, 1.54) is 0 Å². The molecule has 134 valence electrons. The standard InChI is InChI=1S/C19H25N3O3/c1-12(2)10-15-19(25)22-9-8-21(11-16(22)17(23)20-15)18(24)14-6-4-13(3)5-7-14/h4-7,12,15-16H,8-11H2,1-3H3,(H,20,23)/t15-,16-/m1/s1. The lowest BCUT2D eigenvalue weighted by Gasteiger charge is -2.45. The smallest absolute Gasteiger partial charge is 0.253 e. The molecule has 2 atom stereocenters. The summed E-state index contributed by atoms with van der Waals surface area (Å²) in [7, 11) is 0. The number of piperazine rings is 2. The molecule has 25 heavy (non-hydrogen) atoms. The molecule has 0 aliphatic carbocycles. The molecular formula is C19H25N3O3. The number of fused-ring (bicyclic) bond motifs is 1. The lowest BCUT2D eigenvalue weighted by molar-refractivity contribution is -0.152. The van der Waals surface area contributed by atoms with E-state index in [0.717, 1.165) is 5.56 Å². The third kappa shape index (κ3) is 3.52. The molecular weight excluding hydrogens is 318 g/mol. The maximum atomic E-state index is 12.7. The predicted octanol–water partition coefficient (Wildman–Crippen LogP) is 1.19. The second kappa shape index (κ2) is 6.86. The van der Waals surface area contributed by atoms with Crippen molar-refractivity contribution in [2.24, 2.45) is 5.92 Å². The van der Waals surface area contributed by atoms with E-state index in [-0.39, 0.29) is 24.3 Å². The predicted molar refractivity (Wildman–Crippen MR) is 94.0 cm³/mol. The molecule has 1 aromatic carbocycles. The first-order chi connectivity index (χ1) is 11.9. The minimum absolute atomic E-state index is 0.0271. The number of rotatable bonds is 3. The van der Waals surface area contributed by atoms with Crippen LogP contribution in [0.3, 0.4) is 0 Å². The normalized spacial score (nSPS) is 23.5. The molecule has 3 amide bonds. The van der Waals surface area contributed by atoms with Gasteiger partial charge in [0.2, 0.25) is 11.8 Å². The van der Waals surface area contributed by atoms with E-state index in [1.54, 1.807) is 21.9 Å². The number of amides is 3. The van der Waals surface area contributed by atoms with E-state index in [1.807, 2.05) is 32.9 Å². The molecule has 2 aliphatic heterocycles. The SMILES string of the molecule is Cc1ccc(C(=O)N2CCN3C(=O)[C@@H](CC(C)C)NC(=O)[C@H]3C2)cc1. The van der Waals surface area contributed by atoms with Crippen LogP contribution < -0.4 is 5.32 Å². The van der Waals surface area contributed by atoms with Crippen LogP contribution in [0.15, 0.2) is 24.3 Å². The van der Waals surface area contributed by atoms with Crippen molar-refractivity contribution in [1.29, 1.82) is 0 Å². The third-order valence-electron chi connectivity index (χ3n) is 4.87. The van der Waals surface area contributed by atoms with Gasteiger partial charge in [0.1, 0.15) is 12.1 Å². The first-order valence-corrected chi connectivity index (χ1v) is 8.83. The highest BCUT2D eigenvalue weighted by Crippen LogP contribution is 2.20. The molecule has 0 unspecified atom stereocenters. The van der Waals surface area contributed by atoms with Crippen molar-refractivity contribution in [1.82, 2.24) is 15.1 Å². The summed E-state index contributed by atoms with van der Waals surface area (Å²) in [6.07, 6.45) is 0.639. The summed E-state index contributed by atoms with van der Waals surface area (Å²) in [6.45, 7) is 7.14. The molecule has 2 saturated heterocycles. The van der Waals surface area contributed by atoms with Crippen LogP contribution in [0.4, 0.5) is 0 Å². The van der Waals surface area contributed by atoms with Gasteiger partial charge in [0.05, 0.1) is 6.54 Å². The van der Waals surface area contributed by atoms with E-state index in [4.69, 9.17) is 0 Å². The third-order valence-corrected chi connectivity index (χ3v) is 4.87. The van der Waals surface area contributed by atoms with Crippen molar-refractivity contribution >= 4 is 17.7 Å². The molecule has 0 saturated carbocycles. The second-order valence-corrected chi connectivity index (χ2v) is 7.36. The Morgan fingerprint density at radius 3 is 2.52 bits per heavy atom. The van der Waals surface area contributed by atoms with Crippen LogP contribution in [-0.4, -0.2) is 59.2 Å². The minimum atomic E-state index is -0.584. The first-order valence-electron chi connectivity index (χ1n) is 8.83. The zero-order valence-electron chi connectivity index (χ0n) is 15.0. The Labute approximate surface area is 148 Å². The summed E-state index contributed by atoms with van der Waals surface area (Å²) >= 11 is 0. The first kappa shape index (κ1) is 17.5. The number of hydrogen-bond donors (Lipinski definition) is 1. The zero-order chi connectivity index (χ0) is 18.1. The Balaban J connectivity index is 1.71. The van der Waals surface area contributed by atoms with Gasteiger partial charge in [-0.2, -0.15) is 0 Å². The van der Waals surface area contributed by atoms with Gasteiger partial charge >= 0.3 is 0 Å². The summed E-state index contributed by atoms with van der Waals surface area (Å²) in [5, 5.41) is 2.84. The topological polar surface area (TPSA) is 69.7 Å². The number of benzene rings is 1. The van der Waals surface area contributed by atoms with Crippen LogP contribution in [0.25, 0.3) is 0 Å². The number of aryl methyl sites for hydroxylation is 1. The molecule has 0 bridgehead atoms. The Morgan fingerprint density at radius 2 is 1.88 bits per heavy atom. The Bertz CT molecular complexity index is 684. The summed E-state index contributed by atoms with van der Waals surface area (Å²) in [6, 6.07) is 6.37. The molecule has 0 spiro atoms. The van der Waals surface area contributed by atoms with Crippen LogP contribution in [0.2, 0.25) is 0 Å². The van der Waals surface area contributed by atoms with Gasteiger partial charge in [0, 0.05) is 18.7 Å². The van der Waals surface area contributed by atoms with Crippen molar-refractivity contribution in [2.45, 2.75) is 39.3 Å². The van der Waals surface area contributed by atoms with Gasteiger partial charge in [-0.3, -0.25) is 14.4 Å².